The molecule has 0 bridgehead atoms. The van der Waals surface area contributed by atoms with Crippen molar-refractivity contribution in [3.63, 3.8) is 0 Å². The van der Waals surface area contributed by atoms with Crippen molar-refractivity contribution in [2.45, 2.75) is 19.4 Å². The summed E-state index contributed by atoms with van der Waals surface area (Å²) in [5, 5.41) is 18.4. The third-order valence-corrected chi connectivity index (χ3v) is 4.91. The number of nitro benzene ring substituents is 1. The van der Waals surface area contributed by atoms with Gasteiger partial charge >= 0.3 is 0 Å². The number of methoxy groups -OCH3 is 2. The van der Waals surface area contributed by atoms with Gasteiger partial charge in [0.2, 0.25) is 0 Å². The number of nitrogens with zero attached hydrogens (tertiary/aromatic N) is 2. The van der Waals surface area contributed by atoms with Crippen molar-refractivity contribution in [1.82, 2.24) is 15.6 Å². The molecule has 1 heterocycles. The first kappa shape index (κ1) is 25.2. The van der Waals surface area contributed by atoms with Gasteiger partial charge in [0.1, 0.15) is 11.5 Å². The second-order valence-corrected chi connectivity index (χ2v) is 6.97. The Hall–Kier alpha value is -3.02. The second kappa shape index (κ2) is 12.1. The molecule has 172 valence electrons. The Morgan fingerprint density at radius 3 is 2.66 bits per heavy atom. The molecule has 32 heavy (non-hydrogen) atoms. The first-order chi connectivity index (χ1) is 15.0. The number of aromatic amines is 1. The molecule has 0 radical (unpaired) electrons. The Balaban J connectivity index is 0.00000363. The number of aromatic nitrogens is 1. The van der Waals surface area contributed by atoms with Crippen LogP contribution in [-0.2, 0) is 13.0 Å². The molecule has 10 heteroatoms. The number of nitrogens with one attached hydrogen (secondary N) is 3. The van der Waals surface area contributed by atoms with Gasteiger partial charge in [0.15, 0.2) is 5.96 Å². The van der Waals surface area contributed by atoms with E-state index in [9.17, 15) is 10.1 Å². The first-order valence-electron chi connectivity index (χ1n) is 9.95. The van der Waals surface area contributed by atoms with E-state index in [1.54, 1.807) is 33.4 Å². The van der Waals surface area contributed by atoms with Crippen LogP contribution in [0.2, 0.25) is 0 Å². The summed E-state index contributed by atoms with van der Waals surface area (Å²) in [4.78, 5) is 18.1. The number of fused-ring (bicyclic) bond motifs is 1. The van der Waals surface area contributed by atoms with Gasteiger partial charge in [0.05, 0.1) is 24.7 Å². The average Bonchev–Trinajstić information content (AvgIpc) is 3.20. The third kappa shape index (κ3) is 6.49. The maximum absolute atomic E-state index is 10.9. The first-order valence-corrected chi connectivity index (χ1v) is 9.95. The standard InChI is InChI=1S/C22H27N5O4.HI/c1-23-22(25-14-15-6-4-8-17(10-15)27(28)29)24-9-5-7-16-11-19-20(26-16)12-18(30-2)13-21(19)31-3;/h4,6,8,10-13,26H,5,7,9,14H2,1-3H3,(H2,23,24,25);1H. The molecular formula is C22H28IN5O4. The molecule has 0 fully saturated rings. The van der Waals surface area contributed by atoms with E-state index in [1.165, 1.54) is 6.07 Å². The number of guanidine groups is 1. The molecule has 3 N–H and O–H groups in total. The number of ether oxygens (including phenoxy) is 2. The summed E-state index contributed by atoms with van der Waals surface area (Å²) in [5.74, 6) is 2.17. The summed E-state index contributed by atoms with van der Waals surface area (Å²) in [6.45, 7) is 1.18. The average molecular weight is 553 g/mol. The summed E-state index contributed by atoms with van der Waals surface area (Å²) in [7, 11) is 4.98. The molecular weight excluding hydrogens is 525 g/mol. The number of non-ortho nitro benzene ring substituents is 1. The fraction of sp³-hybridized carbons (Fsp3) is 0.318. The van der Waals surface area contributed by atoms with Crippen molar-refractivity contribution in [2.75, 3.05) is 27.8 Å². The number of benzene rings is 2. The summed E-state index contributed by atoms with van der Waals surface area (Å²) in [6.07, 6.45) is 1.75. The van der Waals surface area contributed by atoms with Gasteiger partial charge in [0.25, 0.3) is 5.69 Å². The molecule has 0 aliphatic rings. The number of H-pyrrole nitrogens is 1. The Morgan fingerprint density at radius 2 is 1.97 bits per heavy atom. The van der Waals surface area contributed by atoms with Gasteiger partial charge in [0, 0.05) is 55.5 Å². The summed E-state index contributed by atoms with van der Waals surface area (Å²) in [5.41, 5.74) is 2.99. The van der Waals surface area contributed by atoms with Crippen LogP contribution in [-0.4, -0.2) is 43.7 Å². The van der Waals surface area contributed by atoms with Crippen molar-refractivity contribution in [3.05, 3.63) is 63.8 Å². The van der Waals surface area contributed by atoms with Crippen molar-refractivity contribution in [3.8, 4) is 11.5 Å². The highest BCUT2D eigenvalue weighted by molar-refractivity contribution is 14.0. The number of halogens is 1. The highest BCUT2D eigenvalue weighted by Crippen LogP contribution is 2.31. The quantitative estimate of drug-likeness (QED) is 0.0922. The molecule has 0 saturated carbocycles. The van der Waals surface area contributed by atoms with E-state index in [0.29, 0.717) is 12.5 Å². The molecule has 0 aliphatic carbocycles. The largest absolute Gasteiger partial charge is 0.497 e. The molecule has 3 rings (SSSR count). The van der Waals surface area contributed by atoms with Crippen LogP contribution in [0.5, 0.6) is 11.5 Å². The van der Waals surface area contributed by atoms with Gasteiger partial charge in [-0.1, -0.05) is 12.1 Å². The van der Waals surface area contributed by atoms with Crippen LogP contribution >= 0.6 is 24.0 Å². The fourth-order valence-corrected chi connectivity index (χ4v) is 3.33. The van der Waals surface area contributed by atoms with Crippen LogP contribution in [0.4, 0.5) is 5.69 Å². The Morgan fingerprint density at radius 1 is 1.16 bits per heavy atom. The minimum Gasteiger partial charge on any atom is -0.497 e. The topological polar surface area (TPSA) is 114 Å². The number of hydrogen-bond acceptors (Lipinski definition) is 5. The zero-order valence-electron chi connectivity index (χ0n) is 18.3. The van der Waals surface area contributed by atoms with E-state index >= 15 is 0 Å². The lowest BCUT2D eigenvalue weighted by atomic mass is 10.2. The Kier molecular flexibility index (Phi) is 9.57. The zero-order valence-corrected chi connectivity index (χ0v) is 20.6. The molecule has 0 saturated heterocycles. The third-order valence-electron chi connectivity index (χ3n) is 4.91. The normalized spacial score (nSPS) is 11.0. The van der Waals surface area contributed by atoms with Crippen LogP contribution in [0.25, 0.3) is 10.9 Å². The van der Waals surface area contributed by atoms with E-state index in [-0.39, 0.29) is 29.7 Å². The minimum atomic E-state index is -0.397. The SMILES string of the molecule is CN=C(NCCCc1cc2c(OC)cc(OC)cc2[nH]1)NCc1cccc([N+](=O)[O-])c1.I. The molecule has 9 nitrogen and oxygen atoms in total. The van der Waals surface area contributed by atoms with Gasteiger partial charge in [-0.3, -0.25) is 15.1 Å². The fourth-order valence-electron chi connectivity index (χ4n) is 3.33. The second-order valence-electron chi connectivity index (χ2n) is 6.97. The molecule has 2 aromatic carbocycles. The van der Waals surface area contributed by atoms with Gasteiger partial charge in [-0.05, 0) is 24.5 Å². The molecule has 1 aromatic heterocycles. The molecule has 0 spiro atoms. The van der Waals surface area contributed by atoms with Crippen LogP contribution in [0, 0.1) is 10.1 Å². The maximum Gasteiger partial charge on any atom is 0.269 e. The molecule has 0 aliphatic heterocycles. The number of aryl methyl sites for hydroxylation is 1. The molecule has 0 atom stereocenters. The zero-order chi connectivity index (χ0) is 22.2. The Labute approximate surface area is 203 Å². The van der Waals surface area contributed by atoms with Crippen molar-refractivity contribution in [2.24, 2.45) is 4.99 Å². The van der Waals surface area contributed by atoms with E-state index in [4.69, 9.17) is 9.47 Å². The van der Waals surface area contributed by atoms with Gasteiger partial charge in [-0.25, -0.2) is 0 Å². The Bertz CT molecular complexity index is 1080. The lowest BCUT2D eigenvalue weighted by Crippen LogP contribution is -2.37. The lowest BCUT2D eigenvalue weighted by Gasteiger charge is -2.11. The summed E-state index contributed by atoms with van der Waals surface area (Å²) >= 11 is 0. The van der Waals surface area contributed by atoms with E-state index in [1.807, 2.05) is 18.2 Å². The van der Waals surface area contributed by atoms with Crippen LogP contribution in [0.15, 0.2) is 47.5 Å². The van der Waals surface area contributed by atoms with Gasteiger partial charge in [-0.2, -0.15) is 0 Å². The van der Waals surface area contributed by atoms with Crippen LogP contribution in [0.3, 0.4) is 0 Å². The van der Waals surface area contributed by atoms with E-state index in [2.05, 4.69) is 26.7 Å². The van der Waals surface area contributed by atoms with Crippen molar-refractivity contribution < 1.29 is 14.4 Å². The van der Waals surface area contributed by atoms with Crippen LogP contribution < -0.4 is 20.1 Å². The van der Waals surface area contributed by atoms with Crippen molar-refractivity contribution >= 4 is 46.5 Å². The summed E-state index contributed by atoms with van der Waals surface area (Å²) < 4.78 is 10.8. The van der Waals surface area contributed by atoms with Crippen molar-refractivity contribution in [1.29, 1.82) is 0 Å². The van der Waals surface area contributed by atoms with Gasteiger partial charge in [-0.15, -0.1) is 24.0 Å². The highest BCUT2D eigenvalue weighted by atomic mass is 127. The van der Waals surface area contributed by atoms with Gasteiger partial charge < -0.3 is 25.1 Å². The predicted molar refractivity (Wildman–Crippen MR) is 136 cm³/mol. The number of rotatable bonds is 9. The molecule has 3 aromatic rings. The summed E-state index contributed by atoms with van der Waals surface area (Å²) in [6, 6.07) is 12.5. The minimum absolute atomic E-state index is 0. The smallest absolute Gasteiger partial charge is 0.269 e. The molecule has 0 unspecified atom stereocenters. The lowest BCUT2D eigenvalue weighted by molar-refractivity contribution is -0.384. The van der Waals surface area contributed by atoms with E-state index in [0.717, 1.165) is 53.0 Å². The predicted octanol–water partition coefficient (Wildman–Crippen LogP) is 4.01. The van der Waals surface area contributed by atoms with E-state index < -0.39 is 4.92 Å². The maximum atomic E-state index is 10.9. The molecule has 0 amide bonds. The number of hydrogen-bond donors (Lipinski definition) is 3. The van der Waals surface area contributed by atoms with Crippen LogP contribution in [0.1, 0.15) is 17.7 Å². The number of aliphatic imine (C=N–C) groups is 1. The highest BCUT2D eigenvalue weighted by Gasteiger charge is 2.09. The monoisotopic (exact) mass is 553 g/mol. The number of nitro groups is 1.